The van der Waals surface area contributed by atoms with Gasteiger partial charge in [-0.05, 0) is 44.0 Å². The highest BCUT2D eigenvalue weighted by Crippen LogP contribution is 2.17. The van der Waals surface area contributed by atoms with Crippen molar-refractivity contribution in [3.05, 3.63) is 46.5 Å². The van der Waals surface area contributed by atoms with E-state index in [2.05, 4.69) is 9.88 Å². The van der Waals surface area contributed by atoms with Crippen LogP contribution >= 0.6 is 0 Å². The summed E-state index contributed by atoms with van der Waals surface area (Å²) in [6.07, 6.45) is 3.77. The molecule has 3 heterocycles. The van der Waals surface area contributed by atoms with Gasteiger partial charge >= 0.3 is 0 Å². The zero-order valence-corrected chi connectivity index (χ0v) is 11.4. The molecular weight excluding hydrogens is 254 g/mol. The summed E-state index contributed by atoms with van der Waals surface area (Å²) in [5, 5.41) is 9.15. The average Bonchev–Trinajstić information content (AvgIpc) is 2.48. The number of fused-ring (bicyclic) bond motifs is 1. The van der Waals surface area contributed by atoms with Crippen LogP contribution < -0.4 is 5.56 Å². The molecule has 1 aliphatic rings. The molecule has 5 heteroatoms. The normalized spacial score (nSPS) is 17.6. The van der Waals surface area contributed by atoms with Crippen LogP contribution in [0.25, 0.3) is 5.65 Å². The molecule has 1 aliphatic heterocycles. The fourth-order valence-corrected chi connectivity index (χ4v) is 2.74. The van der Waals surface area contributed by atoms with Crippen LogP contribution in [0.4, 0.5) is 0 Å². The van der Waals surface area contributed by atoms with Gasteiger partial charge in [0.15, 0.2) is 0 Å². The minimum absolute atomic E-state index is 0.0316. The fraction of sp³-hybridized carbons (Fsp3) is 0.467. The van der Waals surface area contributed by atoms with Crippen molar-refractivity contribution in [1.29, 1.82) is 0 Å². The van der Waals surface area contributed by atoms with Crippen LogP contribution in [0.1, 0.15) is 18.5 Å². The molecule has 106 valence electrons. The molecule has 0 aliphatic carbocycles. The topological polar surface area (TPSA) is 57.8 Å². The molecular formula is C15H19N3O2. The molecule has 1 fully saturated rings. The smallest absolute Gasteiger partial charge is 0.258 e. The Morgan fingerprint density at radius 3 is 2.85 bits per heavy atom. The van der Waals surface area contributed by atoms with Gasteiger partial charge in [0.25, 0.3) is 5.56 Å². The first-order valence-corrected chi connectivity index (χ1v) is 7.07. The van der Waals surface area contributed by atoms with E-state index in [4.69, 9.17) is 5.11 Å². The van der Waals surface area contributed by atoms with Crippen LogP contribution in [0.3, 0.4) is 0 Å². The van der Waals surface area contributed by atoms with Crippen LogP contribution in [0.5, 0.6) is 0 Å². The summed E-state index contributed by atoms with van der Waals surface area (Å²) in [4.78, 5) is 18.9. The van der Waals surface area contributed by atoms with E-state index in [1.807, 2.05) is 18.2 Å². The van der Waals surface area contributed by atoms with Crippen molar-refractivity contribution in [2.24, 2.45) is 5.92 Å². The highest BCUT2D eigenvalue weighted by atomic mass is 16.3. The number of hydrogen-bond acceptors (Lipinski definition) is 4. The maximum Gasteiger partial charge on any atom is 0.258 e. The van der Waals surface area contributed by atoms with E-state index in [0.29, 0.717) is 18.1 Å². The lowest BCUT2D eigenvalue weighted by atomic mass is 9.98. The van der Waals surface area contributed by atoms with Crippen molar-refractivity contribution in [3.63, 3.8) is 0 Å². The second-order valence-electron chi connectivity index (χ2n) is 5.42. The third kappa shape index (κ3) is 2.73. The number of hydrogen-bond donors (Lipinski definition) is 1. The average molecular weight is 273 g/mol. The van der Waals surface area contributed by atoms with Crippen LogP contribution in [-0.4, -0.2) is 39.1 Å². The Hall–Kier alpha value is -1.72. The Bertz CT molecular complexity index is 645. The first-order chi connectivity index (χ1) is 9.76. The maximum atomic E-state index is 12.0. The molecule has 5 nitrogen and oxygen atoms in total. The Morgan fingerprint density at radius 1 is 1.30 bits per heavy atom. The molecule has 0 radical (unpaired) electrons. The molecule has 1 saturated heterocycles. The van der Waals surface area contributed by atoms with E-state index < -0.39 is 0 Å². The van der Waals surface area contributed by atoms with Gasteiger partial charge < -0.3 is 5.11 Å². The molecule has 3 rings (SSSR count). The molecule has 0 unspecified atom stereocenters. The second kappa shape index (κ2) is 5.73. The fourth-order valence-electron chi connectivity index (χ4n) is 2.74. The zero-order valence-electron chi connectivity index (χ0n) is 11.4. The van der Waals surface area contributed by atoms with Gasteiger partial charge in [-0.2, -0.15) is 0 Å². The summed E-state index contributed by atoms with van der Waals surface area (Å²) < 4.78 is 1.56. The van der Waals surface area contributed by atoms with Crippen molar-refractivity contribution < 1.29 is 5.11 Å². The van der Waals surface area contributed by atoms with Crippen LogP contribution in [-0.2, 0) is 6.54 Å². The van der Waals surface area contributed by atoms with Crippen LogP contribution in [0.15, 0.2) is 35.3 Å². The molecule has 1 N–H and O–H groups in total. The summed E-state index contributed by atoms with van der Waals surface area (Å²) in [6.45, 7) is 2.91. The Kier molecular flexibility index (Phi) is 3.80. The minimum Gasteiger partial charge on any atom is -0.396 e. The van der Waals surface area contributed by atoms with E-state index in [0.717, 1.165) is 31.6 Å². The van der Waals surface area contributed by atoms with Gasteiger partial charge in [0.05, 0.1) is 5.69 Å². The predicted octanol–water partition coefficient (Wildman–Crippen LogP) is 0.899. The number of aromatic nitrogens is 2. The summed E-state index contributed by atoms with van der Waals surface area (Å²) in [6, 6.07) is 7.18. The number of piperidine rings is 1. The number of aliphatic hydroxyl groups is 1. The SMILES string of the molecule is O=c1cc(CN2CCC(CO)CC2)nc2ccccn12. The van der Waals surface area contributed by atoms with Gasteiger partial charge in [-0.1, -0.05) is 6.07 Å². The Labute approximate surface area is 117 Å². The van der Waals surface area contributed by atoms with E-state index in [9.17, 15) is 4.79 Å². The molecule has 0 aromatic carbocycles. The number of rotatable bonds is 3. The molecule has 2 aromatic heterocycles. The number of aliphatic hydroxyl groups excluding tert-OH is 1. The van der Waals surface area contributed by atoms with Crippen molar-refractivity contribution in [1.82, 2.24) is 14.3 Å². The molecule has 20 heavy (non-hydrogen) atoms. The lowest BCUT2D eigenvalue weighted by Crippen LogP contribution is -2.35. The molecule has 0 spiro atoms. The van der Waals surface area contributed by atoms with Crippen LogP contribution in [0.2, 0.25) is 0 Å². The number of nitrogens with zero attached hydrogens (tertiary/aromatic N) is 3. The molecule has 0 amide bonds. The largest absolute Gasteiger partial charge is 0.396 e. The van der Waals surface area contributed by atoms with Crippen molar-refractivity contribution >= 4 is 5.65 Å². The maximum absolute atomic E-state index is 12.0. The van der Waals surface area contributed by atoms with E-state index in [1.54, 1.807) is 16.7 Å². The van der Waals surface area contributed by atoms with Crippen molar-refractivity contribution in [2.45, 2.75) is 19.4 Å². The van der Waals surface area contributed by atoms with Gasteiger partial charge in [-0.15, -0.1) is 0 Å². The molecule has 0 atom stereocenters. The van der Waals surface area contributed by atoms with Gasteiger partial charge in [0.2, 0.25) is 0 Å². The van der Waals surface area contributed by atoms with Crippen LogP contribution in [0, 0.1) is 5.92 Å². The van der Waals surface area contributed by atoms with E-state index in [1.165, 1.54) is 0 Å². The summed E-state index contributed by atoms with van der Waals surface area (Å²) in [7, 11) is 0. The molecule has 2 aromatic rings. The molecule has 0 saturated carbocycles. The third-order valence-electron chi connectivity index (χ3n) is 3.97. The van der Waals surface area contributed by atoms with Gasteiger partial charge in [-0.25, -0.2) is 4.98 Å². The number of pyridine rings is 1. The van der Waals surface area contributed by atoms with E-state index >= 15 is 0 Å². The molecule has 0 bridgehead atoms. The van der Waals surface area contributed by atoms with Crippen molar-refractivity contribution in [2.75, 3.05) is 19.7 Å². The summed E-state index contributed by atoms with van der Waals surface area (Å²) in [5.74, 6) is 0.432. The van der Waals surface area contributed by atoms with E-state index in [-0.39, 0.29) is 12.2 Å². The van der Waals surface area contributed by atoms with Gasteiger partial charge in [0, 0.05) is 25.4 Å². The van der Waals surface area contributed by atoms with Gasteiger partial charge in [-0.3, -0.25) is 14.1 Å². The first kappa shape index (κ1) is 13.3. The second-order valence-corrected chi connectivity index (χ2v) is 5.42. The zero-order chi connectivity index (χ0) is 13.9. The highest BCUT2D eigenvalue weighted by Gasteiger charge is 2.19. The quantitative estimate of drug-likeness (QED) is 0.902. The monoisotopic (exact) mass is 273 g/mol. The predicted molar refractivity (Wildman–Crippen MR) is 76.5 cm³/mol. The summed E-state index contributed by atoms with van der Waals surface area (Å²) in [5.41, 5.74) is 1.49. The third-order valence-corrected chi connectivity index (χ3v) is 3.97. The minimum atomic E-state index is -0.0316. The standard InChI is InChI=1S/C15H19N3O2/c19-11-12-4-7-17(8-5-12)10-13-9-15(20)18-6-2-1-3-14(18)16-13/h1-3,6,9,12,19H,4-5,7-8,10-11H2. The summed E-state index contributed by atoms with van der Waals surface area (Å²) >= 11 is 0. The van der Waals surface area contributed by atoms with Gasteiger partial charge in [0.1, 0.15) is 5.65 Å². The lowest BCUT2D eigenvalue weighted by molar-refractivity contribution is 0.126. The lowest BCUT2D eigenvalue weighted by Gasteiger charge is -2.30. The first-order valence-electron chi connectivity index (χ1n) is 7.07. The number of likely N-dealkylation sites (tertiary alicyclic amines) is 1. The Balaban J connectivity index is 1.77. The highest BCUT2D eigenvalue weighted by molar-refractivity contribution is 5.37. The van der Waals surface area contributed by atoms with Crippen molar-refractivity contribution in [3.8, 4) is 0 Å². The Morgan fingerprint density at radius 2 is 2.10 bits per heavy atom.